The first-order valence-corrected chi connectivity index (χ1v) is 12.2. The number of ether oxygens (including phenoxy) is 4. The van der Waals surface area contributed by atoms with Crippen molar-refractivity contribution in [1.29, 1.82) is 0 Å². The molecule has 5 nitrogen and oxygen atoms in total. The smallest absolute Gasteiger partial charge is 0.313 e. The Morgan fingerprint density at radius 2 is 1.52 bits per heavy atom. The van der Waals surface area contributed by atoms with Crippen LogP contribution in [0.25, 0.3) is 0 Å². The topological polar surface area (TPSA) is 54.0 Å². The van der Waals surface area contributed by atoms with E-state index in [9.17, 15) is 4.79 Å². The molecule has 0 spiro atoms. The van der Waals surface area contributed by atoms with Crippen LogP contribution in [0.15, 0.2) is 0 Å². The van der Waals surface area contributed by atoms with Gasteiger partial charge in [-0.25, -0.2) is 0 Å². The van der Waals surface area contributed by atoms with Gasteiger partial charge in [-0.1, -0.05) is 13.8 Å². The van der Waals surface area contributed by atoms with E-state index in [1.807, 2.05) is 0 Å². The molecule has 162 valence electrons. The van der Waals surface area contributed by atoms with Gasteiger partial charge in [-0.05, 0) is 75.0 Å². The molecule has 5 heteroatoms. The zero-order valence-electron chi connectivity index (χ0n) is 17.8. The Hall–Kier alpha value is -0.650. The van der Waals surface area contributed by atoms with Crippen molar-refractivity contribution in [2.45, 2.75) is 95.7 Å². The second-order valence-electron chi connectivity index (χ2n) is 10.8. The highest BCUT2D eigenvalue weighted by Gasteiger charge is 2.63. The van der Waals surface area contributed by atoms with Crippen molar-refractivity contribution in [2.75, 3.05) is 6.79 Å². The molecule has 0 aromatic carbocycles. The van der Waals surface area contributed by atoms with E-state index in [2.05, 4.69) is 13.8 Å². The minimum atomic E-state index is -0.142. The largest absolute Gasteiger partial charge is 0.438 e. The van der Waals surface area contributed by atoms with Crippen molar-refractivity contribution in [1.82, 2.24) is 0 Å². The molecule has 6 bridgehead atoms. The Labute approximate surface area is 174 Å². The average molecular weight is 405 g/mol. The zero-order valence-corrected chi connectivity index (χ0v) is 17.8. The molecule has 7 fully saturated rings. The van der Waals surface area contributed by atoms with E-state index in [1.54, 1.807) is 0 Å². The number of carbonyl (C=O) groups is 1. The van der Waals surface area contributed by atoms with Crippen LogP contribution in [0.2, 0.25) is 0 Å². The maximum absolute atomic E-state index is 12.9. The molecule has 7 aliphatic rings. The van der Waals surface area contributed by atoms with Crippen LogP contribution in [0.1, 0.15) is 65.2 Å². The minimum absolute atomic E-state index is 0.0276. The van der Waals surface area contributed by atoms with E-state index in [-0.39, 0.29) is 43.1 Å². The third-order valence-electron chi connectivity index (χ3n) is 9.39. The average Bonchev–Trinajstić information content (AvgIpc) is 3.39. The van der Waals surface area contributed by atoms with Crippen LogP contribution >= 0.6 is 0 Å². The lowest BCUT2D eigenvalue weighted by Gasteiger charge is -2.53. The molecule has 3 heterocycles. The zero-order chi connectivity index (χ0) is 19.7. The van der Waals surface area contributed by atoms with E-state index >= 15 is 0 Å². The van der Waals surface area contributed by atoms with Gasteiger partial charge in [0.05, 0.1) is 36.4 Å². The lowest BCUT2D eigenvalue weighted by molar-refractivity contribution is -0.191. The summed E-state index contributed by atoms with van der Waals surface area (Å²) in [5, 5.41) is 0. The molecule has 0 radical (unpaired) electrons. The highest BCUT2D eigenvalue weighted by Crippen LogP contribution is 2.56. The highest BCUT2D eigenvalue weighted by molar-refractivity contribution is 5.74. The van der Waals surface area contributed by atoms with E-state index in [0.717, 1.165) is 31.1 Å². The van der Waals surface area contributed by atoms with E-state index in [4.69, 9.17) is 18.9 Å². The standard InChI is InChI=1S/C24H36O5/c1-3-17-20-19-10-16(23(29-19)21(20)18(4-2)28-17)24(25)27-11-26-22-14-6-12-5-13(8-14)9-15(22)7-12/h12-23H,3-11H2,1-2H3. The monoisotopic (exact) mass is 404 g/mol. The summed E-state index contributed by atoms with van der Waals surface area (Å²) in [5.74, 6) is 3.82. The second kappa shape index (κ2) is 7.20. The Bertz CT molecular complexity index is 621. The van der Waals surface area contributed by atoms with Crippen molar-refractivity contribution in [3.8, 4) is 0 Å². The lowest BCUT2D eigenvalue weighted by atomic mass is 9.55. The molecule has 4 aliphatic carbocycles. The summed E-state index contributed by atoms with van der Waals surface area (Å²) in [6.45, 7) is 4.50. The first-order valence-electron chi connectivity index (χ1n) is 12.2. The maximum atomic E-state index is 12.9. The van der Waals surface area contributed by atoms with Crippen molar-refractivity contribution in [3.05, 3.63) is 0 Å². The molecular weight excluding hydrogens is 368 g/mol. The van der Waals surface area contributed by atoms with Gasteiger partial charge in [0.25, 0.3) is 0 Å². The fourth-order valence-corrected chi connectivity index (χ4v) is 8.56. The van der Waals surface area contributed by atoms with Crippen LogP contribution in [-0.2, 0) is 23.7 Å². The quantitative estimate of drug-likeness (QED) is 0.496. The van der Waals surface area contributed by atoms with Gasteiger partial charge < -0.3 is 18.9 Å². The number of hydrogen-bond donors (Lipinski definition) is 0. The molecule has 3 aliphatic heterocycles. The molecule has 29 heavy (non-hydrogen) atoms. The van der Waals surface area contributed by atoms with Crippen LogP contribution in [-0.4, -0.2) is 43.3 Å². The van der Waals surface area contributed by atoms with Gasteiger partial charge in [0.15, 0.2) is 6.79 Å². The van der Waals surface area contributed by atoms with Gasteiger partial charge in [0, 0.05) is 11.8 Å². The molecule has 0 aromatic heterocycles. The molecule has 0 amide bonds. The third kappa shape index (κ3) is 2.94. The molecule has 4 saturated carbocycles. The van der Waals surface area contributed by atoms with Crippen molar-refractivity contribution in [3.63, 3.8) is 0 Å². The number of esters is 1. The van der Waals surface area contributed by atoms with E-state index in [0.29, 0.717) is 29.8 Å². The van der Waals surface area contributed by atoms with E-state index in [1.165, 1.54) is 32.1 Å². The van der Waals surface area contributed by atoms with Gasteiger partial charge in [-0.15, -0.1) is 0 Å². The highest BCUT2D eigenvalue weighted by atomic mass is 16.7. The van der Waals surface area contributed by atoms with Crippen molar-refractivity contribution < 1.29 is 23.7 Å². The molecule has 7 rings (SSSR count). The maximum Gasteiger partial charge on any atom is 0.313 e. The summed E-state index contributed by atoms with van der Waals surface area (Å²) in [5.41, 5.74) is 0. The van der Waals surface area contributed by atoms with Crippen LogP contribution < -0.4 is 0 Å². The number of rotatable bonds is 6. The Morgan fingerprint density at radius 3 is 2.17 bits per heavy atom. The fourth-order valence-electron chi connectivity index (χ4n) is 8.56. The lowest BCUT2D eigenvalue weighted by Crippen LogP contribution is -2.49. The molecule has 0 N–H and O–H groups in total. The van der Waals surface area contributed by atoms with Crippen LogP contribution in [0.3, 0.4) is 0 Å². The van der Waals surface area contributed by atoms with Gasteiger partial charge in [-0.2, -0.15) is 0 Å². The summed E-state index contributed by atoms with van der Waals surface area (Å²) in [6, 6.07) is 0. The Balaban J connectivity index is 1.05. The van der Waals surface area contributed by atoms with Crippen LogP contribution in [0, 0.1) is 41.4 Å². The van der Waals surface area contributed by atoms with Crippen molar-refractivity contribution >= 4 is 5.97 Å². The first-order chi connectivity index (χ1) is 14.2. The predicted molar refractivity (Wildman–Crippen MR) is 106 cm³/mol. The van der Waals surface area contributed by atoms with Crippen LogP contribution in [0.5, 0.6) is 0 Å². The number of carbonyl (C=O) groups excluding carboxylic acids is 1. The first kappa shape index (κ1) is 19.1. The molecular formula is C24H36O5. The normalized spacial score (nSPS) is 54.1. The molecule has 0 aromatic rings. The summed E-state index contributed by atoms with van der Waals surface area (Å²) < 4.78 is 24.4. The molecule has 7 unspecified atom stereocenters. The number of hydrogen-bond acceptors (Lipinski definition) is 5. The van der Waals surface area contributed by atoms with Crippen LogP contribution in [0.4, 0.5) is 0 Å². The summed E-state index contributed by atoms with van der Waals surface area (Å²) in [7, 11) is 0. The Morgan fingerprint density at radius 1 is 0.862 bits per heavy atom. The van der Waals surface area contributed by atoms with Gasteiger partial charge >= 0.3 is 5.97 Å². The van der Waals surface area contributed by atoms with E-state index < -0.39 is 0 Å². The minimum Gasteiger partial charge on any atom is -0.438 e. The Kier molecular flexibility index (Phi) is 4.73. The van der Waals surface area contributed by atoms with Gasteiger partial charge in [0.2, 0.25) is 0 Å². The predicted octanol–water partition coefficient (Wildman–Crippen LogP) is 3.94. The summed E-state index contributed by atoms with van der Waals surface area (Å²) in [6.07, 6.45) is 10.5. The summed E-state index contributed by atoms with van der Waals surface area (Å²) >= 11 is 0. The SMILES string of the molecule is CCC1OC(CC)C2C3OC(CC3C(=O)OCOC3C4CC5CC(C4)CC3C5)C12. The van der Waals surface area contributed by atoms with Crippen molar-refractivity contribution in [2.24, 2.45) is 41.4 Å². The third-order valence-corrected chi connectivity index (χ3v) is 9.39. The van der Waals surface area contributed by atoms with Gasteiger partial charge in [-0.3, -0.25) is 4.79 Å². The molecule has 3 saturated heterocycles. The summed E-state index contributed by atoms with van der Waals surface area (Å²) in [4.78, 5) is 12.9. The molecule has 7 atom stereocenters. The second-order valence-corrected chi connectivity index (χ2v) is 10.8. The van der Waals surface area contributed by atoms with Gasteiger partial charge in [0.1, 0.15) is 0 Å². The fraction of sp³-hybridized carbons (Fsp3) is 0.958. The number of fused-ring (bicyclic) bond motifs is 5.